The molecule has 17 heavy (non-hydrogen) atoms. The standard InChI is InChI=1S/C11H15N3O3/c1-8-3-4-10(14(16)17)9(7-8)11(15)13-6-5-12-2/h3-4,7,12H,5-6H2,1-2H3,(H,13,15). The van der Waals surface area contributed by atoms with E-state index in [1.807, 2.05) is 0 Å². The van der Waals surface area contributed by atoms with Gasteiger partial charge < -0.3 is 10.6 Å². The van der Waals surface area contributed by atoms with E-state index in [0.717, 1.165) is 5.56 Å². The van der Waals surface area contributed by atoms with Crippen molar-refractivity contribution in [2.75, 3.05) is 20.1 Å². The smallest absolute Gasteiger partial charge is 0.282 e. The lowest BCUT2D eigenvalue weighted by atomic mass is 10.1. The van der Waals surface area contributed by atoms with E-state index in [1.165, 1.54) is 12.1 Å². The summed E-state index contributed by atoms with van der Waals surface area (Å²) in [4.78, 5) is 22.0. The van der Waals surface area contributed by atoms with Crippen LogP contribution in [0.5, 0.6) is 0 Å². The number of rotatable bonds is 5. The maximum absolute atomic E-state index is 11.8. The molecule has 1 amide bonds. The predicted octanol–water partition coefficient (Wildman–Crippen LogP) is 0.852. The van der Waals surface area contributed by atoms with Gasteiger partial charge in [-0.1, -0.05) is 6.07 Å². The van der Waals surface area contributed by atoms with Crippen LogP contribution in [0.3, 0.4) is 0 Å². The molecule has 0 saturated heterocycles. The molecule has 0 bridgehead atoms. The first kappa shape index (κ1) is 13.1. The molecule has 0 unspecified atom stereocenters. The van der Waals surface area contributed by atoms with Crippen LogP contribution < -0.4 is 10.6 Å². The molecule has 0 aromatic heterocycles. The number of nitrogens with zero attached hydrogens (tertiary/aromatic N) is 1. The van der Waals surface area contributed by atoms with Crippen molar-refractivity contribution in [3.8, 4) is 0 Å². The van der Waals surface area contributed by atoms with Crippen molar-refractivity contribution in [3.05, 3.63) is 39.4 Å². The molecule has 0 aliphatic rings. The summed E-state index contributed by atoms with van der Waals surface area (Å²) in [5.74, 6) is -0.421. The normalized spacial score (nSPS) is 10.0. The average molecular weight is 237 g/mol. The van der Waals surface area contributed by atoms with Gasteiger partial charge in [-0.3, -0.25) is 14.9 Å². The molecule has 0 aliphatic heterocycles. The lowest BCUT2D eigenvalue weighted by Crippen LogP contribution is -2.30. The van der Waals surface area contributed by atoms with Gasteiger partial charge in [0.2, 0.25) is 0 Å². The minimum absolute atomic E-state index is 0.103. The molecule has 6 nitrogen and oxygen atoms in total. The lowest BCUT2D eigenvalue weighted by molar-refractivity contribution is -0.385. The van der Waals surface area contributed by atoms with Crippen LogP contribution in [0.1, 0.15) is 15.9 Å². The summed E-state index contributed by atoms with van der Waals surface area (Å²) in [5, 5.41) is 16.3. The third-order valence-corrected chi connectivity index (χ3v) is 2.25. The monoisotopic (exact) mass is 237 g/mol. The van der Waals surface area contributed by atoms with Gasteiger partial charge in [-0.2, -0.15) is 0 Å². The zero-order valence-electron chi connectivity index (χ0n) is 9.82. The predicted molar refractivity (Wildman–Crippen MR) is 64.1 cm³/mol. The molecule has 0 fully saturated rings. The Labute approximate surface area is 99.2 Å². The van der Waals surface area contributed by atoms with E-state index < -0.39 is 10.8 Å². The Kier molecular flexibility index (Phi) is 4.59. The quantitative estimate of drug-likeness (QED) is 0.452. The summed E-state index contributed by atoms with van der Waals surface area (Å²) in [6.07, 6.45) is 0. The molecular weight excluding hydrogens is 222 g/mol. The van der Waals surface area contributed by atoms with Crippen molar-refractivity contribution in [1.29, 1.82) is 0 Å². The molecule has 1 rings (SSSR count). The van der Waals surface area contributed by atoms with Gasteiger partial charge in [0.15, 0.2) is 0 Å². The Morgan fingerprint density at radius 2 is 2.12 bits per heavy atom. The first-order chi connectivity index (χ1) is 8.06. The second-order valence-electron chi connectivity index (χ2n) is 3.64. The van der Waals surface area contributed by atoms with Crippen LogP contribution in [0.15, 0.2) is 18.2 Å². The van der Waals surface area contributed by atoms with Crippen LogP contribution >= 0.6 is 0 Å². The number of benzene rings is 1. The highest BCUT2D eigenvalue weighted by Crippen LogP contribution is 2.19. The first-order valence-corrected chi connectivity index (χ1v) is 5.24. The highest BCUT2D eigenvalue weighted by Gasteiger charge is 2.19. The third-order valence-electron chi connectivity index (χ3n) is 2.25. The first-order valence-electron chi connectivity index (χ1n) is 5.24. The Hall–Kier alpha value is -1.95. The van der Waals surface area contributed by atoms with E-state index in [2.05, 4.69) is 10.6 Å². The number of amides is 1. The van der Waals surface area contributed by atoms with Gasteiger partial charge in [-0.25, -0.2) is 0 Å². The van der Waals surface area contributed by atoms with E-state index in [0.29, 0.717) is 13.1 Å². The van der Waals surface area contributed by atoms with E-state index >= 15 is 0 Å². The van der Waals surface area contributed by atoms with Gasteiger partial charge in [0, 0.05) is 19.2 Å². The van der Waals surface area contributed by atoms with Gasteiger partial charge in [0.25, 0.3) is 11.6 Å². The molecule has 2 N–H and O–H groups in total. The van der Waals surface area contributed by atoms with Gasteiger partial charge >= 0.3 is 0 Å². The molecule has 0 aliphatic carbocycles. The molecule has 0 saturated carbocycles. The fourth-order valence-electron chi connectivity index (χ4n) is 1.39. The number of nitro groups is 1. The van der Waals surface area contributed by atoms with Crippen molar-refractivity contribution in [2.45, 2.75) is 6.92 Å². The molecule has 0 heterocycles. The summed E-state index contributed by atoms with van der Waals surface area (Å²) in [7, 11) is 1.77. The largest absolute Gasteiger partial charge is 0.351 e. The van der Waals surface area contributed by atoms with Gasteiger partial charge in [-0.05, 0) is 25.6 Å². The number of carbonyl (C=O) groups excluding carboxylic acids is 1. The maximum Gasteiger partial charge on any atom is 0.282 e. The number of aryl methyl sites for hydroxylation is 1. The molecule has 0 spiro atoms. The van der Waals surface area contributed by atoms with E-state index in [1.54, 1.807) is 20.0 Å². The molecule has 0 atom stereocenters. The van der Waals surface area contributed by atoms with Crippen molar-refractivity contribution in [2.24, 2.45) is 0 Å². The van der Waals surface area contributed by atoms with Gasteiger partial charge in [-0.15, -0.1) is 0 Å². The van der Waals surface area contributed by atoms with Gasteiger partial charge in [0.05, 0.1) is 4.92 Å². The topological polar surface area (TPSA) is 84.3 Å². The van der Waals surface area contributed by atoms with E-state index in [-0.39, 0.29) is 11.3 Å². The van der Waals surface area contributed by atoms with Crippen LogP contribution in [-0.4, -0.2) is 31.0 Å². The van der Waals surface area contributed by atoms with Gasteiger partial charge in [0.1, 0.15) is 5.56 Å². The maximum atomic E-state index is 11.8. The summed E-state index contributed by atoms with van der Waals surface area (Å²) < 4.78 is 0. The van der Waals surface area contributed by atoms with E-state index in [9.17, 15) is 14.9 Å². The Morgan fingerprint density at radius 3 is 2.71 bits per heavy atom. The van der Waals surface area contributed by atoms with Crippen LogP contribution in [-0.2, 0) is 0 Å². The summed E-state index contributed by atoms with van der Waals surface area (Å²) >= 11 is 0. The van der Waals surface area contributed by atoms with Crippen molar-refractivity contribution < 1.29 is 9.72 Å². The molecular formula is C11H15N3O3. The average Bonchev–Trinajstić information content (AvgIpc) is 2.28. The number of hydrogen-bond donors (Lipinski definition) is 2. The molecule has 92 valence electrons. The lowest BCUT2D eigenvalue weighted by Gasteiger charge is -2.06. The number of carbonyl (C=O) groups is 1. The van der Waals surface area contributed by atoms with Crippen LogP contribution in [0, 0.1) is 17.0 Å². The van der Waals surface area contributed by atoms with Crippen LogP contribution in [0.2, 0.25) is 0 Å². The fraction of sp³-hybridized carbons (Fsp3) is 0.364. The summed E-state index contributed by atoms with van der Waals surface area (Å²) in [6, 6.07) is 4.48. The Balaban J connectivity index is 2.90. The summed E-state index contributed by atoms with van der Waals surface area (Å²) in [6.45, 7) is 2.83. The van der Waals surface area contributed by atoms with Crippen molar-refractivity contribution >= 4 is 11.6 Å². The Bertz CT molecular complexity index is 432. The zero-order chi connectivity index (χ0) is 12.8. The Morgan fingerprint density at radius 1 is 1.41 bits per heavy atom. The third kappa shape index (κ3) is 3.53. The summed E-state index contributed by atoms with van der Waals surface area (Å²) in [5.41, 5.74) is 0.748. The van der Waals surface area contributed by atoms with Crippen molar-refractivity contribution in [3.63, 3.8) is 0 Å². The zero-order valence-corrected chi connectivity index (χ0v) is 9.82. The number of hydrogen-bond acceptors (Lipinski definition) is 4. The molecule has 1 aromatic carbocycles. The van der Waals surface area contributed by atoms with E-state index in [4.69, 9.17) is 0 Å². The SMILES string of the molecule is CNCCNC(=O)c1cc(C)ccc1[N+](=O)[O-]. The highest BCUT2D eigenvalue weighted by molar-refractivity contribution is 5.98. The second kappa shape index (κ2) is 5.95. The second-order valence-corrected chi connectivity index (χ2v) is 3.64. The molecule has 1 aromatic rings. The molecule has 0 radical (unpaired) electrons. The van der Waals surface area contributed by atoms with Crippen molar-refractivity contribution in [1.82, 2.24) is 10.6 Å². The number of likely N-dealkylation sites (N-methyl/N-ethyl adjacent to an activating group) is 1. The minimum Gasteiger partial charge on any atom is -0.351 e. The van der Waals surface area contributed by atoms with Crippen LogP contribution in [0.4, 0.5) is 5.69 Å². The highest BCUT2D eigenvalue weighted by atomic mass is 16.6. The minimum atomic E-state index is -0.549. The fourth-order valence-corrected chi connectivity index (χ4v) is 1.39. The van der Waals surface area contributed by atoms with Crippen LogP contribution in [0.25, 0.3) is 0 Å². The molecule has 6 heteroatoms. The number of nitrogens with one attached hydrogen (secondary N) is 2. The number of nitro benzene ring substituents is 1.